The van der Waals surface area contributed by atoms with Crippen LogP contribution in [0, 0.1) is 17.8 Å². The van der Waals surface area contributed by atoms with Gasteiger partial charge in [-0.2, -0.15) is 0 Å². The van der Waals surface area contributed by atoms with E-state index in [4.69, 9.17) is 13.0 Å². The molecule has 0 aliphatic rings. The second kappa shape index (κ2) is 17.3. The summed E-state index contributed by atoms with van der Waals surface area (Å²) in [5.41, 5.74) is 0. The van der Waals surface area contributed by atoms with Gasteiger partial charge in [0, 0.05) is 0 Å². The molecule has 0 unspecified atom stereocenters. The van der Waals surface area contributed by atoms with Crippen LogP contribution in [-0.2, 0) is 31.1 Å². The van der Waals surface area contributed by atoms with Gasteiger partial charge in [-0.1, -0.05) is 0 Å². The van der Waals surface area contributed by atoms with Gasteiger partial charge in [0.1, 0.15) is 0 Å². The van der Waals surface area contributed by atoms with Crippen LogP contribution >= 0.6 is 0 Å². The Labute approximate surface area is 195 Å². The summed E-state index contributed by atoms with van der Waals surface area (Å²) in [6.07, 6.45) is 7.33. The van der Waals surface area contributed by atoms with Crippen LogP contribution in [0.15, 0.2) is 0 Å². The van der Waals surface area contributed by atoms with Crippen molar-refractivity contribution in [3.8, 4) is 0 Å². The molecule has 4 nitrogen and oxygen atoms in total. The zero-order valence-corrected chi connectivity index (χ0v) is 24.4. The first-order chi connectivity index (χ1) is 14.1. The SMILES string of the molecule is CCCC[Si](CCCC)(CCCC)[O][Ti]([O]CC(C)C)([O]CC(C)C)[O]CC(C)C. The standard InChI is InChI=1S/C12H27OSi.3C4H9O.Ti/c1-4-7-10-14(13,11-8-5-2)12-9-6-3;3*1-4(2)3-5;/h4-12H2,1-3H3;3*4H,3H2,1-2H3;/q4*-1;+4. The summed E-state index contributed by atoms with van der Waals surface area (Å²) >= 11 is -3.85. The van der Waals surface area contributed by atoms with Crippen molar-refractivity contribution < 1.29 is 31.1 Å². The average Bonchev–Trinajstić information content (AvgIpc) is 2.70. The maximum absolute atomic E-state index is 7.24. The fourth-order valence-electron chi connectivity index (χ4n) is 3.31. The summed E-state index contributed by atoms with van der Waals surface area (Å²) in [4.78, 5) is 0. The van der Waals surface area contributed by atoms with Gasteiger partial charge in [-0.15, -0.1) is 0 Å². The van der Waals surface area contributed by atoms with Gasteiger partial charge in [0.15, 0.2) is 0 Å². The third-order valence-electron chi connectivity index (χ3n) is 5.08. The third-order valence-corrected chi connectivity index (χ3v) is 15.2. The Kier molecular flexibility index (Phi) is 17.7. The van der Waals surface area contributed by atoms with Crippen LogP contribution in [0.4, 0.5) is 0 Å². The molecule has 0 amide bonds. The first-order valence-corrected chi connectivity index (χ1v) is 17.8. The molecular weight excluding hydrogens is 428 g/mol. The molecule has 0 bridgehead atoms. The van der Waals surface area contributed by atoms with E-state index in [-0.39, 0.29) is 0 Å². The number of rotatable bonds is 20. The van der Waals surface area contributed by atoms with E-state index in [1.807, 2.05) is 0 Å². The van der Waals surface area contributed by atoms with Crippen molar-refractivity contribution in [1.29, 1.82) is 0 Å². The molecule has 0 aromatic carbocycles. The second-order valence-corrected chi connectivity index (χ2v) is 18.2. The average molecular weight is 483 g/mol. The van der Waals surface area contributed by atoms with Gasteiger partial charge in [0.05, 0.1) is 0 Å². The Balaban J connectivity index is 5.96. The van der Waals surface area contributed by atoms with Crippen molar-refractivity contribution in [3.63, 3.8) is 0 Å². The minimum absolute atomic E-state index is 0.432. The first kappa shape index (κ1) is 30.8. The summed E-state index contributed by atoms with van der Waals surface area (Å²) in [5.74, 6) is 1.30. The van der Waals surface area contributed by atoms with Crippen molar-refractivity contribution >= 4 is 8.32 Å². The molecule has 182 valence electrons. The predicted molar refractivity (Wildman–Crippen MR) is 128 cm³/mol. The number of unbranched alkanes of at least 4 members (excludes halogenated alkanes) is 3. The summed E-state index contributed by atoms with van der Waals surface area (Å²) in [5, 5.41) is 0. The van der Waals surface area contributed by atoms with Gasteiger partial charge in [0.25, 0.3) is 0 Å². The van der Waals surface area contributed by atoms with Crippen LogP contribution in [0.3, 0.4) is 0 Å². The predicted octanol–water partition coefficient (Wildman–Crippen LogP) is 8.18. The molecule has 6 heteroatoms. The number of hydrogen-bond donors (Lipinski definition) is 0. The van der Waals surface area contributed by atoms with Crippen LogP contribution in [0.5, 0.6) is 0 Å². The van der Waals surface area contributed by atoms with E-state index in [2.05, 4.69) is 62.3 Å². The Morgan fingerprint density at radius 1 is 0.567 bits per heavy atom. The van der Waals surface area contributed by atoms with Gasteiger partial charge in [-0.3, -0.25) is 0 Å². The molecule has 0 heterocycles. The number of hydrogen-bond acceptors (Lipinski definition) is 4. The van der Waals surface area contributed by atoms with E-state index in [0.29, 0.717) is 37.6 Å². The van der Waals surface area contributed by atoms with E-state index in [1.54, 1.807) is 0 Å². The van der Waals surface area contributed by atoms with Crippen LogP contribution < -0.4 is 0 Å². The molecular formula is C24H54O4SiTi. The van der Waals surface area contributed by atoms with Crippen molar-refractivity contribution in [3.05, 3.63) is 0 Å². The van der Waals surface area contributed by atoms with Gasteiger partial charge >= 0.3 is 196 Å². The first-order valence-electron chi connectivity index (χ1n) is 12.8. The Morgan fingerprint density at radius 3 is 1.10 bits per heavy atom. The fourth-order valence-corrected chi connectivity index (χ4v) is 15.7. The molecule has 0 fully saturated rings. The molecule has 30 heavy (non-hydrogen) atoms. The molecule has 0 aliphatic heterocycles. The van der Waals surface area contributed by atoms with Gasteiger partial charge in [0.2, 0.25) is 0 Å². The normalized spacial score (nSPS) is 13.2. The molecule has 0 saturated carbocycles. The molecule has 0 radical (unpaired) electrons. The zero-order valence-electron chi connectivity index (χ0n) is 21.9. The van der Waals surface area contributed by atoms with E-state index < -0.39 is 26.5 Å². The molecule has 0 spiro atoms. The van der Waals surface area contributed by atoms with Crippen molar-refractivity contribution in [2.75, 3.05) is 19.8 Å². The second-order valence-electron chi connectivity index (χ2n) is 10.2. The van der Waals surface area contributed by atoms with E-state index in [1.165, 1.54) is 56.7 Å². The summed E-state index contributed by atoms with van der Waals surface area (Å²) in [7, 11) is -2.00. The van der Waals surface area contributed by atoms with Crippen LogP contribution in [0.1, 0.15) is 101 Å². The van der Waals surface area contributed by atoms with Crippen molar-refractivity contribution in [1.82, 2.24) is 0 Å². The molecule has 0 aliphatic carbocycles. The summed E-state index contributed by atoms with van der Waals surface area (Å²) in [6, 6.07) is 3.62. The topological polar surface area (TPSA) is 36.9 Å². The molecule has 0 N–H and O–H groups in total. The van der Waals surface area contributed by atoms with E-state index in [0.717, 1.165) is 0 Å². The van der Waals surface area contributed by atoms with Crippen LogP contribution in [0.25, 0.3) is 0 Å². The summed E-state index contributed by atoms with van der Waals surface area (Å²) < 4.78 is 26.9. The molecule has 0 atom stereocenters. The van der Waals surface area contributed by atoms with Gasteiger partial charge < -0.3 is 0 Å². The van der Waals surface area contributed by atoms with E-state index in [9.17, 15) is 0 Å². The maximum atomic E-state index is 7.24. The summed E-state index contributed by atoms with van der Waals surface area (Å²) in [6.45, 7) is 21.9. The fraction of sp³-hybridized carbons (Fsp3) is 1.00. The minimum atomic E-state index is -3.85. The van der Waals surface area contributed by atoms with Crippen molar-refractivity contribution in [2.45, 2.75) is 119 Å². The monoisotopic (exact) mass is 482 g/mol. The molecule has 0 saturated heterocycles. The van der Waals surface area contributed by atoms with E-state index >= 15 is 0 Å². The molecule has 0 aromatic rings. The third kappa shape index (κ3) is 14.0. The van der Waals surface area contributed by atoms with Gasteiger partial charge in [-0.05, 0) is 0 Å². The Hall–Kier alpha value is 0.771. The van der Waals surface area contributed by atoms with Crippen molar-refractivity contribution in [2.24, 2.45) is 17.8 Å². The van der Waals surface area contributed by atoms with Crippen LogP contribution in [0.2, 0.25) is 18.1 Å². The molecule has 0 aromatic heterocycles. The zero-order chi connectivity index (χ0) is 23.0. The quantitative estimate of drug-likeness (QED) is 0.164. The van der Waals surface area contributed by atoms with Crippen LogP contribution in [-0.4, -0.2) is 28.1 Å². The Bertz CT molecular complexity index is 352. The molecule has 0 rings (SSSR count). The van der Waals surface area contributed by atoms with Gasteiger partial charge in [-0.25, -0.2) is 0 Å². The Morgan fingerprint density at radius 2 is 0.867 bits per heavy atom.